The summed E-state index contributed by atoms with van der Waals surface area (Å²) < 4.78 is 0. The number of hydrogen-bond acceptors (Lipinski definition) is 3. The highest BCUT2D eigenvalue weighted by atomic mass is 16.3. The Balaban J connectivity index is 1.68. The standard InChI is InChI=1S/C15H20N2O/c18-15(8-11-4-5-12(9-15)17-11)13-6-3-10-2-1-7-16-14(10)13/h1-2,7,11-13,17-18H,3-6,8-9H2. The van der Waals surface area contributed by atoms with Crippen molar-refractivity contribution in [3.05, 3.63) is 29.6 Å². The fraction of sp³-hybridized carbons (Fsp3) is 0.667. The Morgan fingerprint density at radius 2 is 2.00 bits per heavy atom. The van der Waals surface area contributed by atoms with Crippen molar-refractivity contribution < 1.29 is 5.11 Å². The molecule has 2 saturated heterocycles. The van der Waals surface area contributed by atoms with E-state index in [2.05, 4.69) is 16.4 Å². The maximum atomic E-state index is 11.1. The van der Waals surface area contributed by atoms with E-state index in [1.807, 2.05) is 12.3 Å². The van der Waals surface area contributed by atoms with Gasteiger partial charge >= 0.3 is 0 Å². The van der Waals surface area contributed by atoms with Crippen LogP contribution in [0.25, 0.3) is 0 Å². The van der Waals surface area contributed by atoms with Gasteiger partial charge in [0.2, 0.25) is 0 Å². The molecule has 1 aromatic rings. The highest BCUT2D eigenvalue weighted by molar-refractivity contribution is 5.32. The van der Waals surface area contributed by atoms with Crippen LogP contribution in [0.5, 0.6) is 0 Å². The number of fused-ring (bicyclic) bond motifs is 3. The Hall–Kier alpha value is -0.930. The Morgan fingerprint density at radius 3 is 2.78 bits per heavy atom. The largest absolute Gasteiger partial charge is 0.389 e. The van der Waals surface area contributed by atoms with Crippen molar-refractivity contribution in [1.82, 2.24) is 10.3 Å². The molecule has 3 aliphatic rings. The van der Waals surface area contributed by atoms with Crippen LogP contribution in [0.4, 0.5) is 0 Å². The highest BCUT2D eigenvalue weighted by Crippen LogP contribution is 2.47. The Labute approximate surface area is 108 Å². The Kier molecular flexibility index (Phi) is 2.30. The number of aryl methyl sites for hydroxylation is 1. The molecule has 3 nitrogen and oxygen atoms in total. The maximum Gasteiger partial charge on any atom is 0.0760 e. The van der Waals surface area contributed by atoms with Crippen LogP contribution in [-0.4, -0.2) is 27.8 Å². The van der Waals surface area contributed by atoms with Crippen LogP contribution in [0.3, 0.4) is 0 Å². The molecule has 96 valence electrons. The van der Waals surface area contributed by atoms with E-state index in [4.69, 9.17) is 0 Å². The topological polar surface area (TPSA) is 45.2 Å². The fourth-order valence-electron chi connectivity index (χ4n) is 4.38. The van der Waals surface area contributed by atoms with Gasteiger partial charge in [0.1, 0.15) is 0 Å². The lowest BCUT2D eigenvalue weighted by Crippen LogP contribution is -2.51. The molecule has 1 aromatic heterocycles. The van der Waals surface area contributed by atoms with Crippen LogP contribution in [0.2, 0.25) is 0 Å². The van der Waals surface area contributed by atoms with E-state index < -0.39 is 5.60 Å². The molecule has 2 N–H and O–H groups in total. The smallest absolute Gasteiger partial charge is 0.0760 e. The predicted octanol–water partition coefficient (Wildman–Crippen LogP) is 1.76. The van der Waals surface area contributed by atoms with Crippen molar-refractivity contribution in [2.45, 2.75) is 62.1 Å². The van der Waals surface area contributed by atoms with Gasteiger partial charge in [0.05, 0.1) is 5.60 Å². The van der Waals surface area contributed by atoms with Crippen molar-refractivity contribution in [2.75, 3.05) is 0 Å². The normalized spacial score (nSPS) is 41.9. The summed E-state index contributed by atoms with van der Waals surface area (Å²) in [7, 11) is 0. The quantitative estimate of drug-likeness (QED) is 0.791. The van der Waals surface area contributed by atoms with Crippen LogP contribution >= 0.6 is 0 Å². The van der Waals surface area contributed by atoms with Crippen molar-refractivity contribution in [2.24, 2.45) is 0 Å². The van der Waals surface area contributed by atoms with Crippen LogP contribution in [0, 0.1) is 0 Å². The van der Waals surface area contributed by atoms with Crippen LogP contribution in [0.15, 0.2) is 18.3 Å². The molecular weight excluding hydrogens is 224 g/mol. The van der Waals surface area contributed by atoms with Crippen LogP contribution in [0.1, 0.15) is 49.3 Å². The van der Waals surface area contributed by atoms with Gasteiger partial charge in [0.15, 0.2) is 0 Å². The van der Waals surface area contributed by atoms with Gasteiger partial charge in [-0.25, -0.2) is 0 Å². The molecule has 1 aliphatic carbocycles. The molecule has 3 heteroatoms. The van der Waals surface area contributed by atoms with Gasteiger partial charge in [-0.15, -0.1) is 0 Å². The third kappa shape index (κ3) is 1.54. The summed E-state index contributed by atoms with van der Waals surface area (Å²) in [5.41, 5.74) is 2.00. The van der Waals surface area contributed by atoms with Crippen LogP contribution < -0.4 is 5.32 Å². The molecule has 4 rings (SSSR count). The monoisotopic (exact) mass is 244 g/mol. The Morgan fingerprint density at radius 1 is 1.22 bits per heavy atom. The summed E-state index contributed by atoms with van der Waals surface area (Å²) in [4.78, 5) is 4.55. The molecule has 0 spiro atoms. The first-order valence-corrected chi connectivity index (χ1v) is 7.17. The summed E-state index contributed by atoms with van der Waals surface area (Å²) in [5.74, 6) is 0.263. The molecule has 0 aromatic carbocycles. The molecule has 0 saturated carbocycles. The number of piperidine rings is 1. The first kappa shape index (κ1) is 10.9. The minimum atomic E-state index is -0.517. The van der Waals surface area contributed by atoms with Gasteiger partial charge in [0, 0.05) is 29.9 Å². The average molecular weight is 244 g/mol. The van der Waals surface area contributed by atoms with Crippen LogP contribution in [-0.2, 0) is 6.42 Å². The first-order chi connectivity index (χ1) is 8.74. The SMILES string of the molecule is OC1(C2CCc3cccnc32)CC2CCC(C1)N2. The van der Waals surface area contributed by atoms with Crippen molar-refractivity contribution in [1.29, 1.82) is 0 Å². The summed E-state index contributed by atoms with van der Waals surface area (Å²) in [6.07, 6.45) is 8.30. The zero-order chi connectivity index (χ0) is 12.2. The summed E-state index contributed by atoms with van der Waals surface area (Å²) in [6, 6.07) is 5.24. The third-order valence-electron chi connectivity index (χ3n) is 5.14. The number of hydrogen-bond donors (Lipinski definition) is 2. The minimum Gasteiger partial charge on any atom is -0.389 e. The van der Waals surface area contributed by atoms with E-state index in [0.717, 1.165) is 25.7 Å². The molecule has 0 amide bonds. The lowest BCUT2D eigenvalue weighted by atomic mass is 9.76. The number of pyridine rings is 1. The predicted molar refractivity (Wildman–Crippen MR) is 69.4 cm³/mol. The molecule has 3 unspecified atom stereocenters. The van der Waals surface area contributed by atoms with Crippen molar-refractivity contribution in [3.8, 4) is 0 Å². The molecule has 0 radical (unpaired) electrons. The number of aliphatic hydroxyl groups is 1. The van der Waals surface area contributed by atoms with Gasteiger partial charge < -0.3 is 10.4 Å². The van der Waals surface area contributed by atoms with E-state index in [9.17, 15) is 5.11 Å². The highest BCUT2D eigenvalue weighted by Gasteiger charge is 2.49. The van der Waals surface area contributed by atoms with E-state index in [0.29, 0.717) is 12.1 Å². The number of rotatable bonds is 1. The molecule has 3 heterocycles. The zero-order valence-corrected chi connectivity index (χ0v) is 10.6. The van der Waals surface area contributed by atoms with Gasteiger partial charge in [-0.3, -0.25) is 4.98 Å². The number of nitrogens with zero attached hydrogens (tertiary/aromatic N) is 1. The molecule has 18 heavy (non-hydrogen) atoms. The summed E-state index contributed by atoms with van der Waals surface area (Å²) in [5, 5.41) is 14.7. The van der Waals surface area contributed by atoms with E-state index in [1.165, 1.54) is 24.1 Å². The molecular formula is C15H20N2O. The lowest BCUT2D eigenvalue weighted by molar-refractivity contribution is -0.0316. The molecule has 3 atom stereocenters. The van der Waals surface area contributed by atoms with Crippen molar-refractivity contribution in [3.63, 3.8) is 0 Å². The van der Waals surface area contributed by atoms with Gasteiger partial charge in [-0.1, -0.05) is 6.07 Å². The van der Waals surface area contributed by atoms with Gasteiger partial charge in [-0.2, -0.15) is 0 Å². The second-order valence-corrected chi connectivity index (χ2v) is 6.29. The van der Waals surface area contributed by atoms with E-state index in [1.54, 1.807) is 0 Å². The minimum absolute atomic E-state index is 0.263. The Bertz CT molecular complexity index is 461. The zero-order valence-electron chi connectivity index (χ0n) is 10.6. The molecule has 2 fully saturated rings. The van der Waals surface area contributed by atoms with E-state index >= 15 is 0 Å². The lowest BCUT2D eigenvalue weighted by Gasteiger charge is -2.41. The first-order valence-electron chi connectivity index (χ1n) is 7.17. The number of nitrogens with one attached hydrogen (secondary N) is 1. The van der Waals surface area contributed by atoms with Gasteiger partial charge in [-0.05, 0) is 50.2 Å². The summed E-state index contributed by atoms with van der Waals surface area (Å²) in [6.45, 7) is 0. The second kappa shape index (κ2) is 3.78. The van der Waals surface area contributed by atoms with Gasteiger partial charge in [0.25, 0.3) is 0 Å². The third-order valence-corrected chi connectivity index (χ3v) is 5.14. The van der Waals surface area contributed by atoms with E-state index in [-0.39, 0.29) is 5.92 Å². The molecule has 2 aliphatic heterocycles. The number of aromatic nitrogens is 1. The molecule has 2 bridgehead atoms. The maximum absolute atomic E-state index is 11.1. The average Bonchev–Trinajstić information content (AvgIpc) is 2.93. The fourth-order valence-corrected chi connectivity index (χ4v) is 4.38. The summed E-state index contributed by atoms with van der Waals surface area (Å²) >= 11 is 0. The second-order valence-electron chi connectivity index (χ2n) is 6.29. The van der Waals surface area contributed by atoms with Crippen molar-refractivity contribution >= 4 is 0 Å².